The Bertz CT molecular complexity index is 323. The van der Waals surface area contributed by atoms with Gasteiger partial charge in [-0.05, 0) is 39.5 Å². The Morgan fingerprint density at radius 2 is 1.90 bits per heavy atom. The Balaban J connectivity index is 2.45. The molecule has 3 nitrogen and oxygen atoms in total. The van der Waals surface area contributed by atoms with Crippen LogP contribution in [0, 0.1) is 0 Å². The number of nitrogens with one attached hydrogen (secondary N) is 1. The minimum atomic E-state index is -0.113. The van der Waals surface area contributed by atoms with Crippen molar-refractivity contribution in [2.75, 3.05) is 6.61 Å². The number of ether oxygens (including phenoxy) is 1. The van der Waals surface area contributed by atoms with Gasteiger partial charge in [0.15, 0.2) is 0 Å². The van der Waals surface area contributed by atoms with Crippen LogP contribution in [0.1, 0.15) is 78.6 Å². The normalized spacial score (nSPS) is 20.6. The fraction of sp³-hybridized carbons (Fsp3) is 0.824. The van der Waals surface area contributed by atoms with Crippen LogP contribution in [0.2, 0.25) is 0 Å². The second kappa shape index (κ2) is 9.84. The van der Waals surface area contributed by atoms with Crippen molar-refractivity contribution in [2.24, 2.45) is 0 Å². The van der Waals surface area contributed by atoms with Gasteiger partial charge in [-0.3, -0.25) is 0 Å². The van der Waals surface area contributed by atoms with Crippen LogP contribution in [0.4, 0.5) is 0 Å². The summed E-state index contributed by atoms with van der Waals surface area (Å²) < 4.78 is 5.21. The van der Waals surface area contributed by atoms with Gasteiger partial charge in [0.2, 0.25) is 0 Å². The summed E-state index contributed by atoms with van der Waals surface area (Å²) >= 11 is 0. The topological polar surface area (TPSA) is 38.3 Å². The van der Waals surface area contributed by atoms with Gasteiger partial charge in [-0.2, -0.15) is 0 Å². The van der Waals surface area contributed by atoms with Crippen molar-refractivity contribution in [1.29, 1.82) is 0 Å². The van der Waals surface area contributed by atoms with Gasteiger partial charge in [-0.25, -0.2) is 4.79 Å². The first-order valence-corrected chi connectivity index (χ1v) is 8.34. The van der Waals surface area contributed by atoms with Crippen molar-refractivity contribution in [1.82, 2.24) is 5.32 Å². The van der Waals surface area contributed by atoms with Crippen LogP contribution < -0.4 is 5.32 Å². The average molecular weight is 281 g/mol. The van der Waals surface area contributed by atoms with E-state index in [0.717, 1.165) is 37.0 Å². The van der Waals surface area contributed by atoms with Crippen molar-refractivity contribution in [3.8, 4) is 0 Å². The van der Waals surface area contributed by atoms with Crippen LogP contribution in [0.3, 0.4) is 0 Å². The number of hydrogen-bond acceptors (Lipinski definition) is 3. The van der Waals surface area contributed by atoms with Crippen molar-refractivity contribution in [3.05, 3.63) is 11.3 Å². The van der Waals surface area contributed by atoms with E-state index < -0.39 is 0 Å². The zero-order valence-electron chi connectivity index (χ0n) is 13.5. The van der Waals surface area contributed by atoms with Crippen molar-refractivity contribution < 1.29 is 9.53 Å². The fourth-order valence-electron chi connectivity index (χ4n) is 2.72. The number of esters is 1. The highest BCUT2D eigenvalue weighted by Crippen LogP contribution is 2.23. The Hall–Kier alpha value is -0.990. The van der Waals surface area contributed by atoms with Gasteiger partial charge in [-0.1, -0.05) is 39.0 Å². The van der Waals surface area contributed by atoms with Crippen molar-refractivity contribution in [3.63, 3.8) is 0 Å². The monoisotopic (exact) mass is 281 g/mol. The van der Waals surface area contributed by atoms with Crippen LogP contribution in [-0.2, 0) is 9.53 Å². The molecule has 3 heteroatoms. The second-order valence-corrected chi connectivity index (χ2v) is 5.78. The van der Waals surface area contributed by atoms with Crippen LogP contribution in [0.25, 0.3) is 0 Å². The van der Waals surface area contributed by atoms with E-state index >= 15 is 0 Å². The minimum absolute atomic E-state index is 0.113. The number of allylic oxidation sites excluding steroid dienone is 1. The molecule has 1 N–H and O–H groups in total. The molecular weight excluding hydrogens is 250 g/mol. The molecule has 0 radical (unpaired) electrons. The molecule has 0 spiro atoms. The molecule has 0 bridgehead atoms. The van der Waals surface area contributed by atoms with Gasteiger partial charge in [0.25, 0.3) is 0 Å². The lowest BCUT2D eigenvalue weighted by molar-refractivity contribution is -0.138. The highest BCUT2D eigenvalue weighted by molar-refractivity contribution is 5.89. The first kappa shape index (κ1) is 17.1. The maximum atomic E-state index is 12.1. The Labute approximate surface area is 124 Å². The maximum absolute atomic E-state index is 12.1. The zero-order valence-corrected chi connectivity index (χ0v) is 13.5. The average Bonchev–Trinajstić information content (AvgIpc) is 2.84. The summed E-state index contributed by atoms with van der Waals surface area (Å²) in [5.74, 6) is -0.113. The minimum Gasteiger partial charge on any atom is -0.463 e. The molecule has 0 aliphatic carbocycles. The molecule has 1 aliphatic rings. The van der Waals surface area contributed by atoms with Crippen LogP contribution >= 0.6 is 0 Å². The first-order chi connectivity index (χ1) is 9.69. The summed E-state index contributed by atoms with van der Waals surface area (Å²) in [6.45, 7) is 6.73. The van der Waals surface area contributed by atoms with Gasteiger partial charge in [-0.15, -0.1) is 0 Å². The van der Waals surface area contributed by atoms with Gasteiger partial charge in [0.1, 0.15) is 0 Å². The van der Waals surface area contributed by atoms with E-state index in [-0.39, 0.29) is 5.97 Å². The molecule has 0 aromatic rings. The van der Waals surface area contributed by atoms with Crippen molar-refractivity contribution in [2.45, 2.75) is 84.6 Å². The molecule has 116 valence electrons. The smallest absolute Gasteiger partial charge is 0.335 e. The molecule has 20 heavy (non-hydrogen) atoms. The van der Waals surface area contributed by atoms with E-state index in [0.29, 0.717) is 12.6 Å². The standard InChI is InChI=1S/C17H31NO2/c1-4-6-7-8-9-10-11-15(17(19)20-5-2)16-13-12-14(3)18-16/h14,18H,4-13H2,1-3H3/b16-15-. The fourth-order valence-corrected chi connectivity index (χ4v) is 2.72. The van der Waals surface area contributed by atoms with Gasteiger partial charge in [0, 0.05) is 11.7 Å². The van der Waals surface area contributed by atoms with E-state index in [2.05, 4.69) is 19.2 Å². The molecule has 1 rings (SSSR count). The molecule has 1 aliphatic heterocycles. The number of carbonyl (C=O) groups excluding carboxylic acids is 1. The highest BCUT2D eigenvalue weighted by atomic mass is 16.5. The molecule has 0 aromatic heterocycles. The summed E-state index contributed by atoms with van der Waals surface area (Å²) in [6, 6.07) is 0.485. The Morgan fingerprint density at radius 3 is 2.50 bits per heavy atom. The lowest BCUT2D eigenvalue weighted by atomic mass is 10.0. The number of rotatable bonds is 9. The number of hydrogen-bond donors (Lipinski definition) is 1. The lowest BCUT2D eigenvalue weighted by Gasteiger charge is -2.12. The van der Waals surface area contributed by atoms with E-state index in [9.17, 15) is 4.79 Å². The van der Waals surface area contributed by atoms with E-state index in [1.165, 1.54) is 32.1 Å². The first-order valence-electron chi connectivity index (χ1n) is 8.34. The molecule has 0 saturated carbocycles. The molecular formula is C17H31NO2. The van der Waals surface area contributed by atoms with Crippen LogP contribution in [-0.4, -0.2) is 18.6 Å². The molecule has 0 amide bonds. The predicted octanol–water partition coefficient (Wildman–Crippen LogP) is 4.33. The Kier molecular flexibility index (Phi) is 8.40. The molecule has 1 fully saturated rings. The number of unbranched alkanes of at least 4 members (excludes halogenated alkanes) is 5. The third kappa shape index (κ3) is 5.98. The molecule has 1 atom stereocenters. The van der Waals surface area contributed by atoms with Crippen LogP contribution in [0.5, 0.6) is 0 Å². The summed E-state index contributed by atoms with van der Waals surface area (Å²) in [5.41, 5.74) is 2.02. The predicted molar refractivity (Wildman–Crippen MR) is 83.5 cm³/mol. The van der Waals surface area contributed by atoms with E-state index in [1.807, 2.05) is 6.92 Å². The summed E-state index contributed by atoms with van der Waals surface area (Å²) in [4.78, 5) is 12.1. The molecule has 1 saturated heterocycles. The third-order valence-electron chi connectivity index (χ3n) is 3.91. The van der Waals surface area contributed by atoms with E-state index in [1.54, 1.807) is 0 Å². The van der Waals surface area contributed by atoms with Gasteiger partial charge >= 0.3 is 5.97 Å². The third-order valence-corrected chi connectivity index (χ3v) is 3.91. The zero-order chi connectivity index (χ0) is 14.8. The maximum Gasteiger partial charge on any atom is 0.335 e. The van der Waals surface area contributed by atoms with Gasteiger partial charge in [0.05, 0.1) is 12.2 Å². The molecule has 0 aromatic carbocycles. The van der Waals surface area contributed by atoms with E-state index in [4.69, 9.17) is 4.74 Å². The number of carbonyl (C=O) groups is 1. The van der Waals surface area contributed by atoms with Crippen molar-refractivity contribution >= 4 is 5.97 Å². The molecule has 1 heterocycles. The summed E-state index contributed by atoms with van der Waals surface area (Å²) in [7, 11) is 0. The SMILES string of the molecule is CCCCCCCC/C(C(=O)OCC)=C1\CCC(C)N1. The lowest BCUT2D eigenvalue weighted by Crippen LogP contribution is -2.20. The summed E-state index contributed by atoms with van der Waals surface area (Å²) in [6.07, 6.45) is 10.5. The Morgan fingerprint density at radius 1 is 1.20 bits per heavy atom. The quantitative estimate of drug-likeness (QED) is 0.388. The summed E-state index contributed by atoms with van der Waals surface area (Å²) in [5, 5.41) is 3.43. The second-order valence-electron chi connectivity index (χ2n) is 5.78. The largest absolute Gasteiger partial charge is 0.463 e. The highest BCUT2D eigenvalue weighted by Gasteiger charge is 2.22. The van der Waals surface area contributed by atoms with Crippen LogP contribution in [0.15, 0.2) is 11.3 Å². The van der Waals surface area contributed by atoms with Gasteiger partial charge < -0.3 is 10.1 Å². The molecule has 1 unspecified atom stereocenters.